The molecule has 0 saturated heterocycles. The fourth-order valence-corrected chi connectivity index (χ4v) is 2.94. The smallest absolute Gasteiger partial charge is 0.138 e. The van der Waals surface area contributed by atoms with Gasteiger partial charge in [0, 0.05) is 16.8 Å². The van der Waals surface area contributed by atoms with Crippen molar-refractivity contribution in [1.29, 1.82) is 0 Å². The van der Waals surface area contributed by atoms with Crippen LogP contribution in [0, 0.1) is 6.92 Å². The Morgan fingerprint density at radius 1 is 1.19 bits per heavy atom. The van der Waals surface area contributed by atoms with E-state index in [1.165, 1.54) is 0 Å². The van der Waals surface area contributed by atoms with Crippen LogP contribution in [0.5, 0.6) is 0 Å². The number of benzene rings is 1. The summed E-state index contributed by atoms with van der Waals surface area (Å²) in [6, 6.07) is 9.22. The summed E-state index contributed by atoms with van der Waals surface area (Å²) >= 11 is 12.2. The number of aliphatic hydroxyl groups excluding tert-OH is 1. The van der Waals surface area contributed by atoms with Crippen molar-refractivity contribution < 1.29 is 5.11 Å². The molecule has 3 nitrogen and oxygen atoms in total. The summed E-state index contributed by atoms with van der Waals surface area (Å²) in [5.74, 6) is 0. The molecular weight excluding hydrogens is 307 g/mol. The normalized spacial score (nSPS) is 12.8. The Morgan fingerprint density at radius 3 is 2.62 bits per heavy atom. The quantitative estimate of drug-likeness (QED) is 0.745. The third kappa shape index (κ3) is 2.53. The zero-order valence-corrected chi connectivity index (χ0v) is 13.2. The number of imidazole rings is 1. The second-order valence-corrected chi connectivity index (χ2v) is 5.92. The maximum Gasteiger partial charge on any atom is 0.138 e. The van der Waals surface area contributed by atoms with Gasteiger partial charge in [-0.1, -0.05) is 23.2 Å². The highest BCUT2D eigenvalue weighted by atomic mass is 35.5. The molecular formula is C16H14Cl2N2O. The van der Waals surface area contributed by atoms with E-state index in [1.54, 1.807) is 19.1 Å². The summed E-state index contributed by atoms with van der Waals surface area (Å²) in [4.78, 5) is 4.63. The first-order valence-corrected chi connectivity index (χ1v) is 7.35. The van der Waals surface area contributed by atoms with Gasteiger partial charge >= 0.3 is 0 Å². The molecule has 2 aromatic heterocycles. The van der Waals surface area contributed by atoms with Crippen LogP contribution in [-0.4, -0.2) is 14.5 Å². The number of rotatable bonds is 2. The third-order valence-corrected chi connectivity index (χ3v) is 3.95. The van der Waals surface area contributed by atoms with Crippen molar-refractivity contribution in [1.82, 2.24) is 9.38 Å². The molecule has 0 fully saturated rings. The Kier molecular flexibility index (Phi) is 3.66. The van der Waals surface area contributed by atoms with Gasteiger partial charge in [0.1, 0.15) is 5.65 Å². The third-order valence-electron chi connectivity index (χ3n) is 3.40. The number of hydrogen-bond donors (Lipinski definition) is 1. The van der Waals surface area contributed by atoms with Crippen LogP contribution in [0.3, 0.4) is 0 Å². The molecule has 0 bridgehead atoms. The lowest BCUT2D eigenvalue weighted by molar-refractivity contribution is 0.194. The van der Waals surface area contributed by atoms with E-state index in [4.69, 9.17) is 23.2 Å². The number of aryl methyl sites for hydroxylation is 1. The monoisotopic (exact) mass is 320 g/mol. The van der Waals surface area contributed by atoms with Crippen LogP contribution in [0.25, 0.3) is 16.9 Å². The average Bonchev–Trinajstić information content (AvgIpc) is 2.76. The van der Waals surface area contributed by atoms with Gasteiger partial charge in [-0.05, 0) is 49.7 Å². The minimum atomic E-state index is -0.663. The Hall–Kier alpha value is -1.55. The summed E-state index contributed by atoms with van der Waals surface area (Å²) in [6.07, 6.45) is 1.25. The van der Waals surface area contributed by atoms with E-state index < -0.39 is 6.10 Å². The number of nitrogens with zero attached hydrogens (tertiary/aromatic N) is 2. The fourth-order valence-electron chi connectivity index (χ4n) is 2.44. The predicted molar refractivity (Wildman–Crippen MR) is 86.0 cm³/mol. The predicted octanol–water partition coefficient (Wildman–Crippen LogP) is 4.67. The number of fused-ring (bicyclic) bond motifs is 1. The second kappa shape index (κ2) is 5.34. The highest BCUT2D eigenvalue weighted by Crippen LogP contribution is 2.35. The Bertz CT molecular complexity index is 825. The van der Waals surface area contributed by atoms with E-state index in [0.717, 1.165) is 16.8 Å². The maximum absolute atomic E-state index is 10.1. The topological polar surface area (TPSA) is 37.5 Å². The van der Waals surface area contributed by atoms with Crippen molar-refractivity contribution in [3.8, 4) is 11.3 Å². The SMILES string of the molecule is Cc1ccn2c(C(C)O)c(-c3ccc(Cl)cc3Cl)nc2c1. The van der Waals surface area contributed by atoms with Crippen LogP contribution >= 0.6 is 23.2 Å². The van der Waals surface area contributed by atoms with E-state index in [1.807, 2.05) is 35.7 Å². The minimum absolute atomic E-state index is 0.518. The minimum Gasteiger partial charge on any atom is -0.387 e. The highest BCUT2D eigenvalue weighted by molar-refractivity contribution is 6.36. The summed E-state index contributed by atoms with van der Waals surface area (Å²) < 4.78 is 1.89. The zero-order valence-electron chi connectivity index (χ0n) is 11.6. The molecule has 1 unspecified atom stereocenters. The first-order valence-electron chi connectivity index (χ1n) is 6.59. The van der Waals surface area contributed by atoms with Gasteiger partial charge < -0.3 is 9.51 Å². The van der Waals surface area contributed by atoms with Crippen LogP contribution in [0.15, 0.2) is 36.5 Å². The lowest BCUT2D eigenvalue weighted by Crippen LogP contribution is -1.99. The molecule has 0 amide bonds. The second-order valence-electron chi connectivity index (χ2n) is 5.08. The lowest BCUT2D eigenvalue weighted by Gasteiger charge is -2.09. The summed E-state index contributed by atoms with van der Waals surface area (Å²) in [6.45, 7) is 3.72. The van der Waals surface area contributed by atoms with Gasteiger partial charge in [-0.15, -0.1) is 0 Å². The van der Waals surface area contributed by atoms with Crippen molar-refractivity contribution >= 4 is 28.8 Å². The van der Waals surface area contributed by atoms with Crippen LogP contribution in [0.1, 0.15) is 24.3 Å². The van der Waals surface area contributed by atoms with Crippen LogP contribution < -0.4 is 0 Å². The Balaban J connectivity index is 2.33. The number of halogens is 2. The number of hydrogen-bond acceptors (Lipinski definition) is 2. The molecule has 0 spiro atoms. The van der Waals surface area contributed by atoms with Crippen molar-refractivity contribution in [3.05, 3.63) is 57.8 Å². The first kappa shape index (κ1) is 14.4. The number of aliphatic hydroxyl groups is 1. The maximum atomic E-state index is 10.1. The van der Waals surface area contributed by atoms with Gasteiger partial charge in [-0.2, -0.15) is 0 Å². The van der Waals surface area contributed by atoms with E-state index >= 15 is 0 Å². The van der Waals surface area contributed by atoms with Crippen molar-refractivity contribution in [2.45, 2.75) is 20.0 Å². The molecule has 0 radical (unpaired) electrons. The van der Waals surface area contributed by atoms with Crippen molar-refractivity contribution in [3.63, 3.8) is 0 Å². The van der Waals surface area contributed by atoms with Crippen molar-refractivity contribution in [2.75, 3.05) is 0 Å². The summed E-state index contributed by atoms with van der Waals surface area (Å²) in [7, 11) is 0. The first-order chi connectivity index (χ1) is 9.97. The molecule has 0 aliphatic rings. The largest absolute Gasteiger partial charge is 0.387 e. The van der Waals surface area contributed by atoms with E-state index in [2.05, 4.69) is 4.98 Å². The molecule has 1 aromatic carbocycles. The van der Waals surface area contributed by atoms with Gasteiger partial charge in [-0.25, -0.2) is 4.98 Å². The molecule has 3 rings (SSSR count). The molecule has 0 aliphatic heterocycles. The van der Waals surface area contributed by atoms with Crippen LogP contribution in [0.4, 0.5) is 0 Å². The fraction of sp³-hybridized carbons (Fsp3) is 0.188. The standard InChI is InChI=1S/C16H14Cl2N2O/c1-9-5-6-20-14(7-9)19-15(16(20)10(2)21)12-4-3-11(17)8-13(12)18/h3-8,10,21H,1-2H3. The summed E-state index contributed by atoms with van der Waals surface area (Å²) in [5, 5.41) is 11.2. The highest BCUT2D eigenvalue weighted by Gasteiger charge is 2.19. The van der Waals surface area contributed by atoms with Gasteiger partial charge in [0.05, 0.1) is 22.5 Å². The molecule has 21 heavy (non-hydrogen) atoms. The van der Waals surface area contributed by atoms with E-state index in [-0.39, 0.29) is 0 Å². The van der Waals surface area contributed by atoms with Crippen molar-refractivity contribution in [2.24, 2.45) is 0 Å². The van der Waals surface area contributed by atoms with E-state index in [0.29, 0.717) is 21.4 Å². The van der Waals surface area contributed by atoms with Crippen LogP contribution in [0.2, 0.25) is 10.0 Å². The lowest BCUT2D eigenvalue weighted by atomic mass is 10.1. The zero-order chi connectivity index (χ0) is 15.1. The number of aromatic nitrogens is 2. The Labute approximate surface area is 132 Å². The molecule has 1 atom stereocenters. The number of pyridine rings is 1. The molecule has 108 valence electrons. The molecule has 3 aromatic rings. The Morgan fingerprint density at radius 2 is 1.95 bits per heavy atom. The van der Waals surface area contributed by atoms with Gasteiger partial charge in [-0.3, -0.25) is 0 Å². The molecule has 1 N–H and O–H groups in total. The molecule has 0 saturated carbocycles. The average molecular weight is 321 g/mol. The van der Waals surface area contributed by atoms with Gasteiger partial charge in [0.2, 0.25) is 0 Å². The van der Waals surface area contributed by atoms with Crippen LogP contribution in [-0.2, 0) is 0 Å². The molecule has 2 heterocycles. The van der Waals surface area contributed by atoms with Gasteiger partial charge in [0.25, 0.3) is 0 Å². The van der Waals surface area contributed by atoms with Gasteiger partial charge in [0.15, 0.2) is 0 Å². The van der Waals surface area contributed by atoms with E-state index in [9.17, 15) is 5.11 Å². The summed E-state index contributed by atoms with van der Waals surface area (Å²) in [5.41, 5.74) is 4.05. The molecule has 5 heteroatoms. The molecule has 0 aliphatic carbocycles.